The molecule has 5 aliphatic rings. The van der Waals surface area contributed by atoms with E-state index in [2.05, 4.69) is 36.8 Å². The van der Waals surface area contributed by atoms with Gasteiger partial charge in [0.05, 0.1) is 35.8 Å². The summed E-state index contributed by atoms with van der Waals surface area (Å²) in [6.07, 6.45) is 3.74. The Kier molecular flexibility index (Phi) is 17.7. The molecule has 0 radical (unpaired) electrons. The molecule has 9 atom stereocenters. The summed E-state index contributed by atoms with van der Waals surface area (Å²) in [5.74, 6) is -11.0. The van der Waals surface area contributed by atoms with Gasteiger partial charge in [-0.1, -0.05) is 17.7 Å². The van der Waals surface area contributed by atoms with Gasteiger partial charge in [-0.15, -0.1) is 0 Å². The molecular formula is C59H72F7N11O6. The number of allylic oxidation sites excluding steroid dienone is 1. The van der Waals surface area contributed by atoms with Crippen molar-refractivity contribution in [2.24, 2.45) is 29.6 Å². The number of anilines is 2. The molecule has 17 nitrogen and oxygen atoms in total. The summed E-state index contributed by atoms with van der Waals surface area (Å²) in [6.45, 7) is 7.00. The van der Waals surface area contributed by atoms with Crippen LogP contribution >= 0.6 is 0 Å². The van der Waals surface area contributed by atoms with Crippen LogP contribution in [-0.4, -0.2) is 129 Å². The summed E-state index contributed by atoms with van der Waals surface area (Å²) in [7, 11) is 2.48. The number of nitrogens with one attached hydrogen (secondary N) is 5. The first-order chi connectivity index (χ1) is 39.2. The van der Waals surface area contributed by atoms with Gasteiger partial charge in [0, 0.05) is 37.9 Å². The second-order valence-corrected chi connectivity index (χ2v) is 23.8. The van der Waals surface area contributed by atoms with Crippen LogP contribution in [0, 0.1) is 41.2 Å². The minimum atomic E-state index is -4.61. The van der Waals surface area contributed by atoms with Crippen molar-refractivity contribution in [1.82, 2.24) is 45.3 Å². The number of halogens is 7. The second-order valence-electron chi connectivity index (χ2n) is 23.8. The molecule has 5 N–H and O–H groups in total. The van der Waals surface area contributed by atoms with Gasteiger partial charge in [0.25, 0.3) is 23.6 Å². The highest BCUT2D eigenvalue weighted by Crippen LogP contribution is 2.57. The predicted octanol–water partition coefficient (Wildman–Crippen LogP) is 8.91. The smallest absolute Gasteiger partial charge is 0.354 e. The highest BCUT2D eigenvalue weighted by Gasteiger charge is 2.54. The summed E-state index contributed by atoms with van der Waals surface area (Å²) in [5.41, 5.74) is 2.19. The van der Waals surface area contributed by atoms with Crippen LogP contribution in [0.15, 0.2) is 72.1 Å². The quantitative estimate of drug-likeness (QED) is 0.0335. The molecule has 0 bridgehead atoms. The monoisotopic (exact) mass is 1160 g/mol. The van der Waals surface area contributed by atoms with E-state index in [-0.39, 0.29) is 76.2 Å². The zero-order valence-electron chi connectivity index (χ0n) is 47.5. The molecule has 2 aromatic heterocycles. The van der Waals surface area contributed by atoms with Gasteiger partial charge in [-0.05, 0) is 183 Å². The maximum absolute atomic E-state index is 16.0. The average molecular weight is 1160 g/mol. The first-order valence-corrected chi connectivity index (χ1v) is 28.5. The van der Waals surface area contributed by atoms with Crippen molar-refractivity contribution in [3.8, 4) is 0 Å². The van der Waals surface area contributed by atoms with Crippen LogP contribution in [-0.2, 0) is 19.2 Å². The van der Waals surface area contributed by atoms with Crippen molar-refractivity contribution in [3.63, 3.8) is 0 Å². The third-order valence-corrected chi connectivity index (χ3v) is 16.9. The van der Waals surface area contributed by atoms with Crippen LogP contribution in [0.1, 0.15) is 148 Å². The van der Waals surface area contributed by atoms with Crippen molar-refractivity contribution in [3.05, 3.63) is 106 Å². The van der Waals surface area contributed by atoms with E-state index in [0.717, 1.165) is 71.6 Å². The Morgan fingerprint density at radius 1 is 0.747 bits per heavy atom. The molecule has 6 amide bonds. The van der Waals surface area contributed by atoms with Gasteiger partial charge >= 0.3 is 6.18 Å². The van der Waals surface area contributed by atoms with Gasteiger partial charge in [-0.3, -0.25) is 43.0 Å². The number of amides is 6. The lowest BCUT2D eigenvalue weighted by atomic mass is 9.86. The van der Waals surface area contributed by atoms with Gasteiger partial charge in [-0.25, -0.2) is 17.6 Å². The summed E-state index contributed by atoms with van der Waals surface area (Å²) in [6, 6.07) is 5.80. The number of hydrogen-bond donors (Lipinski definition) is 5. The van der Waals surface area contributed by atoms with E-state index in [1.165, 1.54) is 75.4 Å². The number of aromatic nitrogens is 4. The van der Waals surface area contributed by atoms with E-state index in [9.17, 15) is 50.7 Å². The molecule has 5 fully saturated rings. The summed E-state index contributed by atoms with van der Waals surface area (Å²) < 4.78 is 103. The molecule has 3 heterocycles. The molecule has 1 aliphatic heterocycles. The van der Waals surface area contributed by atoms with Crippen LogP contribution < -0.4 is 26.6 Å². The predicted molar refractivity (Wildman–Crippen MR) is 293 cm³/mol. The molecule has 2 aromatic carbocycles. The molecule has 9 rings (SSSR count). The fraction of sp³-hybridized carbons (Fsp3) is 0.559. The normalized spacial score (nSPS) is 20.9. The Hall–Kier alpha value is -7.11. The van der Waals surface area contributed by atoms with Crippen molar-refractivity contribution in [2.75, 3.05) is 44.4 Å². The Morgan fingerprint density at radius 3 is 1.86 bits per heavy atom. The number of hydrogen-bond acceptors (Lipinski definition) is 9. The Balaban J connectivity index is 0.885. The number of nitrogens with zero attached hydrogens (tertiary/aromatic N) is 6. The SMILES string of the molecule is CC(C)n1nccc1C(=O)N[C@H](C(=O)Nc1ccc([C@H](C)C(=O)NCC(N(C)C)C(F)(F)F)cc1F)C(C1CC1)C1CC1CC(C)n1nccc1C(=O)N[C@H](C(=O)Nc1ccc([C@H](C)C(=O)N2CCC(F)(F)C2)cc1F)C(=C1CC1)C1CC1. The third-order valence-electron chi connectivity index (χ3n) is 16.9. The first kappa shape index (κ1) is 60.5. The lowest BCUT2D eigenvalue weighted by Crippen LogP contribution is -2.50. The Morgan fingerprint density at radius 2 is 1.33 bits per heavy atom. The molecular weight excluding hydrogens is 1090 g/mol. The summed E-state index contributed by atoms with van der Waals surface area (Å²) in [4.78, 5) is 85.6. The lowest BCUT2D eigenvalue weighted by Gasteiger charge is -2.29. The minimum absolute atomic E-state index is 0.0103. The molecule has 5 unspecified atom stereocenters. The van der Waals surface area contributed by atoms with Crippen molar-refractivity contribution in [2.45, 2.75) is 147 Å². The average Bonchev–Trinajstić information content (AvgIpc) is 3.14. The van der Waals surface area contributed by atoms with E-state index in [4.69, 9.17) is 0 Å². The van der Waals surface area contributed by atoms with Crippen LogP contribution in [0.3, 0.4) is 0 Å². The van der Waals surface area contributed by atoms with Gasteiger partial charge in [0.1, 0.15) is 41.1 Å². The van der Waals surface area contributed by atoms with Crippen molar-refractivity contribution >= 4 is 46.8 Å². The van der Waals surface area contributed by atoms with Crippen molar-refractivity contribution in [1.29, 1.82) is 0 Å². The fourth-order valence-electron chi connectivity index (χ4n) is 11.8. The van der Waals surface area contributed by atoms with Gasteiger partial charge < -0.3 is 31.5 Å². The number of carbonyl (C=O) groups is 6. The largest absolute Gasteiger partial charge is 0.405 e. The highest BCUT2D eigenvalue weighted by atomic mass is 19.4. The zero-order valence-corrected chi connectivity index (χ0v) is 47.5. The minimum Gasteiger partial charge on any atom is -0.354 e. The van der Waals surface area contributed by atoms with E-state index in [1.807, 2.05) is 20.8 Å². The van der Waals surface area contributed by atoms with Crippen LogP contribution in [0.5, 0.6) is 0 Å². The van der Waals surface area contributed by atoms with E-state index >= 15 is 8.78 Å². The maximum atomic E-state index is 16.0. The van der Waals surface area contributed by atoms with Crippen LogP contribution in [0.4, 0.5) is 42.1 Å². The number of carbonyl (C=O) groups excluding carboxylic acids is 6. The zero-order chi connectivity index (χ0) is 60.0. The number of likely N-dealkylation sites (N-methyl/N-ethyl adjacent to an activating group) is 1. The second kappa shape index (κ2) is 24.2. The van der Waals surface area contributed by atoms with Crippen LogP contribution in [0.2, 0.25) is 0 Å². The number of rotatable bonds is 24. The Labute approximate surface area is 476 Å². The summed E-state index contributed by atoms with van der Waals surface area (Å²) >= 11 is 0. The standard InChI is InChI=1S/C59H72F7N11O6/c1-30(2)76-45(18-21-68-76)53(79)73-51(56(82)71-43-16-14-37(26-41(43)60)32(4)52(78)67-28-47(74(6)7)59(64,65)66)49(36-12-13-36)40-25-39(40)24-31(3)77-46(19-22-69-77)54(80)72-50(48(34-8-9-34)35-10-11-35)55(81)70-44-17-15-38(27-42(44)61)33(5)57(83)75-23-20-58(62,63)29-75/h14-19,21-22,26-27,30-34,36,39-40,47,49-51H,8-13,20,23-25,28-29H2,1-7H3,(H,67,78)(H,70,81)(H,71,82)(H,72,80)(H,73,79)/t31?,32-,33-,39?,40?,47?,49?,50-,51-/m0/s1. The molecule has 83 heavy (non-hydrogen) atoms. The molecule has 24 heteroatoms. The molecule has 1 saturated heterocycles. The highest BCUT2D eigenvalue weighted by molar-refractivity contribution is 6.03. The van der Waals surface area contributed by atoms with E-state index in [0.29, 0.717) is 12.8 Å². The Bertz CT molecular complexity index is 3140. The number of likely N-dealkylation sites (tertiary alicyclic amines) is 1. The van der Waals surface area contributed by atoms with Crippen molar-refractivity contribution < 1.29 is 59.5 Å². The maximum Gasteiger partial charge on any atom is 0.405 e. The summed E-state index contributed by atoms with van der Waals surface area (Å²) in [5, 5.41) is 22.4. The van der Waals surface area contributed by atoms with Gasteiger partial charge in [0.2, 0.25) is 17.7 Å². The van der Waals surface area contributed by atoms with Gasteiger partial charge in [-0.2, -0.15) is 23.4 Å². The fourth-order valence-corrected chi connectivity index (χ4v) is 11.8. The number of benzene rings is 2. The molecule has 4 aromatic rings. The molecule has 4 saturated carbocycles. The van der Waals surface area contributed by atoms with Gasteiger partial charge in [0.15, 0.2) is 0 Å². The third kappa shape index (κ3) is 14.1. The van der Waals surface area contributed by atoms with E-state index in [1.54, 1.807) is 10.7 Å². The van der Waals surface area contributed by atoms with Crippen LogP contribution in [0.25, 0.3) is 0 Å². The topological polar surface area (TPSA) is 205 Å². The first-order valence-electron chi connectivity index (χ1n) is 28.5. The lowest BCUT2D eigenvalue weighted by molar-refractivity contribution is -0.176. The molecule has 4 aliphatic carbocycles. The molecule has 448 valence electrons. The number of alkyl halides is 5. The van der Waals surface area contributed by atoms with E-state index < -0.39 is 115 Å². The molecule has 0 spiro atoms.